The third-order valence-electron chi connectivity index (χ3n) is 3.61. The van der Waals surface area contributed by atoms with Gasteiger partial charge in [-0.2, -0.15) is 10.2 Å². The van der Waals surface area contributed by atoms with Crippen LogP contribution >= 0.6 is 11.8 Å². The van der Waals surface area contributed by atoms with E-state index in [-0.39, 0.29) is 23.6 Å². The molecule has 0 unspecified atom stereocenters. The van der Waals surface area contributed by atoms with E-state index in [1.165, 1.54) is 24.4 Å². The first-order chi connectivity index (χ1) is 12.0. The normalized spacial score (nSPS) is 12.5. The van der Waals surface area contributed by atoms with E-state index in [1.807, 2.05) is 13.8 Å². The highest BCUT2D eigenvalue weighted by molar-refractivity contribution is 7.98. The van der Waals surface area contributed by atoms with Gasteiger partial charge < -0.3 is 9.73 Å². The van der Waals surface area contributed by atoms with Crippen molar-refractivity contribution >= 4 is 17.7 Å². The van der Waals surface area contributed by atoms with Gasteiger partial charge in [0.2, 0.25) is 0 Å². The van der Waals surface area contributed by atoms with Crippen LogP contribution in [-0.2, 0) is 12.8 Å². The molecule has 3 rings (SSSR count). The van der Waals surface area contributed by atoms with Gasteiger partial charge in [0.15, 0.2) is 10.9 Å². The number of nitrogens with one attached hydrogen (secondary N) is 2. The number of aromatic amines is 1. The van der Waals surface area contributed by atoms with E-state index < -0.39 is 0 Å². The van der Waals surface area contributed by atoms with Gasteiger partial charge in [-0.15, -0.1) is 0 Å². The fourth-order valence-corrected chi connectivity index (χ4v) is 2.98. The lowest BCUT2D eigenvalue weighted by Crippen LogP contribution is -2.33. The molecule has 0 radical (unpaired) electrons. The molecule has 9 nitrogen and oxygen atoms in total. The summed E-state index contributed by atoms with van der Waals surface area (Å²) in [5.74, 6) is 2.09. The zero-order valence-electron chi connectivity index (χ0n) is 14.1. The zero-order chi connectivity index (χ0) is 17.8. The predicted molar refractivity (Wildman–Crippen MR) is 90.7 cm³/mol. The van der Waals surface area contributed by atoms with E-state index in [9.17, 15) is 4.79 Å². The molecule has 1 amide bonds. The minimum atomic E-state index is -0.280. The number of hydrogen-bond donors (Lipinski definition) is 2. The van der Waals surface area contributed by atoms with Gasteiger partial charge in [-0.25, -0.2) is 9.97 Å². The van der Waals surface area contributed by atoms with Gasteiger partial charge in [0, 0.05) is 7.05 Å². The smallest absolute Gasteiger partial charge is 0.287 e. The molecule has 0 fully saturated rings. The molecule has 25 heavy (non-hydrogen) atoms. The maximum Gasteiger partial charge on any atom is 0.287 e. The number of rotatable bonds is 7. The minimum absolute atomic E-state index is 0.156. The summed E-state index contributed by atoms with van der Waals surface area (Å²) in [4.78, 5) is 20.8. The van der Waals surface area contributed by atoms with Crippen LogP contribution in [0.2, 0.25) is 0 Å². The molecule has 2 N–H and O–H groups in total. The van der Waals surface area contributed by atoms with Gasteiger partial charge in [0.25, 0.3) is 5.91 Å². The Morgan fingerprint density at radius 1 is 1.36 bits per heavy atom. The quantitative estimate of drug-likeness (QED) is 0.618. The Morgan fingerprint density at radius 3 is 2.84 bits per heavy atom. The molecule has 0 aliphatic carbocycles. The van der Waals surface area contributed by atoms with Crippen LogP contribution in [0.1, 0.15) is 42.0 Å². The molecule has 0 saturated heterocycles. The fraction of sp³-hybridized carbons (Fsp3) is 0.400. The molecule has 10 heteroatoms. The van der Waals surface area contributed by atoms with Crippen LogP contribution in [0.5, 0.6) is 0 Å². The first-order valence-electron chi connectivity index (χ1n) is 7.76. The summed E-state index contributed by atoms with van der Waals surface area (Å²) in [5, 5.41) is 14.3. The van der Waals surface area contributed by atoms with Crippen LogP contribution < -0.4 is 5.32 Å². The molecule has 0 bridgehead atoms. The fourth-order valence-electron chi connectivity index (χ4n) is 2.31. The first-order valence-corrected chi connectivity index (χ1v) is 8.74. The van der Waals surface area contributed by atoms with Crippen molar-refractivity contribution in [3.63, 3.8) is 0 Å². The first kappa shape index (κ1) is 17.2. The highest BCUT2D eigenvalue weighted by Gasteiger charge is 2.24. The Labute approximate surface area is 148 Å². The van der Waals surface area contributed by atoms with Gasteiger partial charge >= 0.3 is 0 Å². The molecule has 0 aromatic carbocycles. The molecule has 0 saturated carbocycles. The molecule has 3 aromatic heterocycles. The topological polar surface area (TPSA) is 115 Å². The third kappa shape index (κ3) is 4.08. The average Bonchev–Trinajstić information content (AvgIpc) is 3.32. The van der Waals surface area contributed by atoms with Crippen molar-refractivity contribution in [2.24, 2.45) is 13.0 Å². The van der Waals surface area contributed by atoms with E-state index in [4.69, 9.17) is 4.42 Å². The number of carbonyl (C=O) groups excluding carboxylic acids is 1. The van der Waals surface area contributed by atoms with Gasteiger partial charge in [-0.1, -0.05) is 25.6 Å². The summed E-state index contributed by atoms with van der Waals surface area (Å²) in [5.41, 5.74) is 0. The SMILES string of the molecule is CC(C)[C@@H](NC(=O)c1ccc(CSc2ncn[nH]2)o1)c1ncnn1C. The van der Waals surface area contributed by atoms with Crippen LogP contribution in [0.15, 0.2) is 34.4 Å². The molecule has 3 heterocycles. The Morgan fingerprint density at radius 2 is 2.20 bits per heavy atom. The third-order valence-corrected chi connectivity index (χ3v) is 4.51. The van der Waals surface area contributed by atoms with Crippen LogP contribution in [0.25, 0.3) is 0 Å². The van der Waals surface area contributed by atoms with E-state index >= 15 is 0 Å². The van der Waals surface area contributed by atoms with E-state index in [1.54, 1.807) is 23.9 Å². The molecule has 0 spiro atoms. The number of nitrogens with zero attached hydrogens (tertiary/aromatic N) is 5. The zero-order valence-corrected chi connectivity index (χ0v) is 14.9. The van der Waals surface area contributed by atoms with Crippen LogP contribution in [0.3, 0.4) is 0 Å². The number of aryl methyl sites for hydroxylation is 1. The maximum atomic E-state index is 12.5. The minimum Gasteiger partial charge on any atom is -0.455 e. The highest BCUT2D eigenvalue weighted by atomic mass is 32.2. The van der Waals surface area contributed by atoms with Gasteiger partial charge in [0.05, 0.1) is 11.8 Å². The van der Waals surface area contributed by atoms with Crippen molar-refractivity contribution in [2.75, 3.05) is 0 Å². The average molecular weight is 361 g/mol. The molecule has 132 valence electrons. The monoisotopic (exact) mass is 361 g/mol. The van der Waals surface area contributed by atoms with Crippen molar-refractivity contribution in [1.29, 1.82) is 0 Å². The second-order valence-corrected chi connectivity index (χ2v) is 6.75. The molecule has 0 aliphatic heterocycles. The predicted octanol–water partition coefficient (Wildman–Crippen LogP) is 1.95. The summed E-state index contributed by atoms with van der Waals surface area (Å²) in [7, 11) is 1.80. The van der Waals surface area contributed by atoms with Crippen molar-refractivity contribution < 1.29 is 9.21 Å². The molecule has 0 aliphatic rings. The standard InChI is InChI=1S/C15H19N7O2S/c1-9(2)12(13-16-8-19-22(13)3)20-14(23)11-5-4-10(24-11)6-25-15-17-7-18-21-15/h4-5,7-9,12H,6H2,1-3H3,(H,20,23)(H,17,18,21)/t12-/m1/s1. The van der Waals surface area contributed by atoms with E-state index in [2.05, 4.69) is 30.6 Å². The Kier molecular flexibility index (Phi) is 5.17. The van der Waals surface area contributed by atoms with Crippen molar-refractivity contribution in [2.45, 2.75) is 30.8 Å². The highest BCUT2D eigenvalue weighted by Crippen LogP contribution is 2.22. The lowest BCUT2D eigenvalue weighted by atomic mass is 10.0. The number of H-pyrrole nitrogens is 1. The number of hydrogen-bond acceptors (Lipinski definition) is 7. The Hall–Kier alpha value is -2.62. The molecular weight excluding hydrogens is 342 g/mol. The summed E-state index contributed by atoms with van der Waals surface area (Å²) < 4.78 is 7.29. The second-order valence-electron chi connectivity index (χ2n) is 5.78. The van der Waals surface area contributed by atoms with E-state index in [0.29, 0.717) is 22.5 Å². The molecule has 1 atom stereocenters. The number of aromatic nitrogens is 6. The Balaban J connectivity index is 1.65. The van der Waals surface area contributed by atoms with Crippen LogP contribution in [0, 0.1) is 5.92 Å². The van der Waals surface area contributed by atoms with Gasteiger partial charge in [-0.3, -0.25) is 14.6 Å². The maximum absolute atomic E-state index is 12.5. The summed E-state index contributed by atoms with van der Waals surface area (Å²) in [6, 6.07) is 3.20. The largest absolute Gasteiger partial charge is 0.455 e. The lowest BCUT2D eigenvalue weighted by Gasteiger charge is -2.20. The van der Waals surface area contributed by atoms with Crippen LogP contribution in [-0.4, -0.2) is 35.9 Å². The van der Waals surface area contributed by atoms with Crippen molar-refractivity contribution in [1.82, 2.24) is 35.3 Å². The van der Waals surface area contributed by atoms with Gasteiger partial charge in [0.1, 0.15) is 24.2 Å². The number of furan rings is 1. The summed E-state index contributed by atoms with van der Waals surface area (Å²) in [6.07, 6.45) is 2.92. The van der Waals surface area contributed by atoms with Crippen molar-refractivity contribution in [3.8, 4) is 0 Å². The Bertz CT molecular complexity index is 825. The summed E-state index contributed by atoms with van der Waals surface area (Å²) in [6.45, 7) is 4.03. The van der Waals surface area contributed by atoms with Crippen LogP contribution in [0.4, 0.5) is 0 Å². The number of amides is 1. The molecular formula is C15H19N7O2S. The number of thioether (sulfide) groups is 1. The molecule has 3 aromatic rings. The van der Waals surface area contributed by atoms with Gasteiger partial charge in [-0.05, 0) is 18.1 Å². The summed E-state index contributed by atoms with van der Waals surface area (Å²) >= 11 is 1.45. The van der Waals surface area contributed by atoms with Crippen molar-refractivity contribution in [3.05, 3.63) is 42.1 Å². The van der Waals surface area contributed by atoms with E-state index in [0.717, 1.165) is 0 Å². The lowest BCUT2D eigenvalue weighted by molar-refractivity contribution is 0.0892. The second kappa shape index (κ2) is 7.51. The number of carbonyl (C=O) groups is 1.